The van der Waals surface area contributed by atoms with E-state index in [4.69, 9.17) is 4.74 Å². The Balaban J connectivity index is 2.53. The topological polar surface area (TPSA) is 47.3 Å². The van der Waals surface area contributed by atoms with Crippen molar-refractivity contribution in [2.45, 2.75) is 6.61 Å². The summed E-state index contributed by atoms with van der Waals surface area (Å²) < 4.78 is 20.3. The molecule has 0 aliphatic carbocycles. The van der Waals surface area contributed by atoms with Crippen LogP contribution in [0.1, 0.15) is 5.69 Å². The van der Waals surface area contributed by atoms with Crippen LogP contribution in [0, 0.1) is 5.82 Å². The molecule has 0 amide bonds. The van der Waals surface area contributed by atoms with Crippen LogP contribution in [0.4, 0.5) is 4.39 Å². The smallest absolute Gasteiger partial charge is 0.134 e. The number of aromatic nitrogens is 2. The van der Waals surface area contributed by atoms with Gasteiger partial charge in [0.2, 0.25) is 0 Å². The average molecular weight is 236 g/mol. The summed E-state index contributed by atoms with van der Waals surface area (Å²) in [7, 11) is 3.19. The molecule has 1 N–H and O–H groups in total. The molecule has 0 radical (unpaired) electrons. The Kier molecular flexibility index (Phi) is 3.10. The third kappa shape index (κ3) is 2.01. The maximum Gasteiger partial charge on any atom is 0.134 e. The standard InChI is InChI=1S/C12H13FN2O2/c1-15-12(7-16)10(6-14-15)9-4-3-8(17-2)5-11(9)13/h3-6,16H,7H2,1-2H3. The predicted molar refractivity (Wildman–Crippen MR) is 61.1 cm³/mol. The molecule has 0 fully saturated rings. The normalized spacial score (nSPS) is 10.6. The van der Waals surface area contributed by atoms with Crippen molar-refractivity contribution in [3.63, 3.8) is 0 Å². The lowest BCUT2D eigenvalue weighted by Gasteiger charge is -2.06. The van der Waals surface area contributed by atoms with Gasteiger partial charge in [0.05, 0.1) is 25.6 Å². The summed E-state index contributed by atoms with van der Waals surface area (Å²) in [6.07, 6.45) is 1.54. The van der Waals surface area contributed by atoms with Crippen molar-refractivity contribution >= 4 is 0 Å². The third-order valence-corrected chi connectivity index (χ3v) is 2.68. The molecule has 0 saturated carbocycles. The van der Waals surface area contributed by atoms with Gasteiger partial charge >= 0.3 is 0 Å². The lowest BCUT2D eigenvalue weighted by atomic mass is 10.1. The zero-order valence-corrected chi connectivity index (χ0v) is 9.64. The van der Waals surface area contributed by atoms with E-state index in [0.717, 1.165) is 0 Å². The highest BCUT2D eigenvalue weighted by Gasteiger charge is 2.13. The minimum absolute atomic E-state index is 0.183. The number of aliphatic hydroxyl groups is 1. The Labute approximate surface area is 98.3 Å². The largest absolute Gasteiger partial charge is 0.497 e. The zero-order chi connectivity index (χ0) is 12.4. The summed E-state index contributed by atoms with van der Waals surface area (Å²) in [4.78, 5) is 0. The first-order valence-corrected chi connectivity index (χ1v) is 5.13. The second-order valence-corrected chi connectivity index (χ2v) is 3.63. The van der Waals surface area contributed by atoms with Crippen molar-refractivity contribution in [2.24, 2.45) is 7.05 Å². The van der Waals surface area contributed by atoms with Crippen LogP contribution in [-0.2, 0) is 13.7 Å². The molecule has 2 rings (SSSR count). The Morgan fingerprint density at radius 1 is 1.41 bits per heavy atom. The second kappa shape index (κ2) is 4.55. The molecule has 0 aliphatic rings. The van der Waals surface area contributed by atoms with E-state index in [-0.39, 0.29) is 6.61 Å². The first-order valence-electron chi connectivity index (χ1n) is 5.13. The highest BCUT2D eigenvalue weighted by atomic mass is 19.1. The Morgan fingerprint density at radius 3 is 2.76 bits per heavy atom. The minimum atomic E-state index is -0.396. The van der Waals surface area contributed by atoms with Crippen molar-refractivity contribution in [2.75, 3.05) is 7.11 Å². The van der Waals surface area contributed by atoms with Gasteiger partial charge in [-0.3, -0.25) is 4.68 Å². The molecule has 4 nitrogen and oxygen atoms in total. The van der Waals surface area contributed by atoms with Gasteiger partial charge in [0.15, 0.2) is 0 Å². The third-order valence-electron chi connectivity index (χ3n) is 2.68. The van der Waals surface area contributed by atoms with Crippen LogP contribution in [-0.4, -0.2) is 22.0 Å². The number of aliphatic hydroxyl groups excluding tert-OH is 1. The van der Waals surface area contributed by atoms with Gasteiger partial charge < -0.3 is 9.84 Å². The highest BCUT2D eigenvalue weighted by Crippen LogP contribution is 2.28. The molecule has 1 heterocycles. The molecule has 2 aromatic rings. The number of aryl methyl sites for hydroxylation is 1. The molecule has 5 heteroatoms. The molecular weight excluding hydrogens is 223 g/mol. The van der Waals surface area contributed by atoms with Gasteiger partial charge in [0, 0.05) is 24.2 Å². The molecule has 1 aromatic heterocycles. The fourth-order valence-electron chi connectivity index (χ4n) is 1.72. The summed E-state index contributed by atoms with van der Waals surface area (Å²) in [6, 6.07) is 4.60. The minimum Gasteiger partial charge on any atom is -0.497 e. The van der Waals surface area contributed by atoms with Crippen molar-refractivity contribution in [3.05, 3.63) is 35.9 Å². The molecular formula is C12H13FN2O2. The van der Waals surface area contributed by atoms with Crippen molar-refractivity contribution < 1.29 is 14.2 Å². The summed E-state index contributed by atoms with van der Waals surface area (Å²) in [6.45, 7) is -0.183. The van der Waals surface area contributed by atoms with E-state index in [0.29, 0.717) is 22.6 Å². The van der Waals surface area contributed by atoms with Gasteiger partial charge in [-0.05, 0) is 12.1 Å². The first kappa shape index (κ1) is 11.6. The molecule has 90 valence electrons. The zero-order valence-electron chi connectivity index (χ0n) is 9.64. The molecule has 0 atom stereocenters. The second-order valence-electron chi connectivity index (χ2n) is 3.63. The van der Waals surface area contributed by atoms with Gasteiger partial charge in [-0.25, -0.2) is 4.39 Å². The van der Waals surface area contributed by atoms with E-state index in [1.165, 1.54) is 24.1 Å². The molecule has 0 aliphatic heterocycles. The van der Waals surface area contributed by atoms with Gasteiger partial charge in [-0.2, -0.15) is 5.10 Å². The van der Waals surface area contributed by atoms with Crippen LogP contribution in [0.2, 0.25) is 0 Å². The molecule has 17 heavy (non-hydrogen) atoms. The van der Waals surface area contributed by atoms with E-state index in [9.17, 15) is 9.50 Å². The molecule has 0 saturated heterocycles. The fraction of sp³-hybridized carbons (Fsp3) is 0.250. The van der Waals surface area contributed by atoms with Gasteiger partial charge in [-0.1, -0.05) is 0 Å². The quantitative estimate of drug-likeness (QED) is 0.882. The number of halogens is 1. The van der Waals surface area contributed by atoms with Crippen LogP contribution in [0.5, 0.6) is 5.75 Å². The SMILES string of the molecule is COc1ccc(-c2cnn(C)c2CO)c(F)c1. The van der Waals surface area contributed by atoms with Crippen LogP contribution in [0.3, 0.4) is 0 Å². The van der Waals surface area contributed by atoms with E-state index < -0.39 is 5.82 Å². The van der Waals surface area contributed by atoms with E-state index in [1.54, 1.807) is 19.2 Å². The average Bonchev–Trinajstić information content (AvgIpc) is 2.70. The highest BCUT2D eigenvalue weighted by molar-refractivity contribution is 5.66. The predicted octanol–water partition coefficient (Wildman–Crippen LogP) is 1.73. The van der Waals surface area contributed by atoms with Crippen LogP contribution >= 0.6 is 0 Å². The number of rotatable bonds is 3. The van der Waals surface area contributed by atoms with Crippen molar-refractivity contribution in [3.8, 4) is 16.9 Å². The van der Waals surface area contributed by atoms with E-state index >= 15 is 0 Å². The summed E-state index contributed by atoms with van der Waals surface area (Å²) in [5.74, 6) is 0.0627. The summed E-state index contributed by atoms with van der Waals surface area (Å²) in [5.41, 5.74) is 1.58. The molecule has 0 unspecified atom stereocenters. The Hall–Kier alpha value is -1.88. The number of hydrogen-bond acceptors (Lipinski definition) is 3. The first-order chi connectivity index (χ1) is 8.17. The molecule has 0 bridgehead atoms. The van der Waals surface area contributed by atoms with Crippen molar-refractivity contribution in [1.82, 2.24) is 9.78 Å². The number of nitrogens with zero attached hydrogens (tertiary/aromatic N) is 2. The number of ether oxygens (including phenoxy) is 1. The Bertz CT molecular complexity index is 537. The van der Waals surface area contributed by atoms with Crippen LogP contribution < -0.4 is 4.74 Å². The maximum absolute atomic E-state index is 13.8. The van der Waals surface area contributed by atoms with Crippen LogP contribution in [0.25, 0.3) is 11.1 Å². The lowest BCUT2D eigenvalue weighted by molar-refractivity contribution is 0.271. The van der Waals surface area contributed by atoms with Gasteiger partial charge in [-0.15, -0.1) is 0 Å². The number of hydrogen-bond donors (Lipinski definition) is 1. The fourth-order valence-corrected chi connectivity index (χ4v) is 1.72. The Morgan fingerprint density at radius 2 is 2.18 bits per heavy atom. The maximum atomic E-state index is 13.8. The molecule has 0 spiro atoms. The van der Waals surface area contributed by atoms with Crippen molar-refractivity contribution in [1.29, 1.82) is 0 Å². The monoisotopic (exact) mass is 236 g/mol. The lowest BCUT2D eigenvalue weighted by Crippen LogP contribution is -1.99. The van der Waals surface area contributed by atoms with Crippen LogP contribution in [0.15, 0.2) is 24.4 Å². The number of benzene rings is 1. The number of methoxy groups -OCH3 is 1. The summed E-state index contributed by atoms with van der Waals surface area (Å²) in [5, 5.41) is 13.2. The van der Waals surface area contributed by atoms with Gasteiger partial charge in [0.1, 0.15) is 11.6 Å². The molecule has 1 aromatic carbocycles. The van der Waals surface area contributed by atoms with E-state index in [2.05, 4.69) is 5.10 Å². The summed E-state index contributed by atoms with van der Waals surface area (Å²) >= 11 is 0. The van der Waals surface area contributed by atoms with Gasteiger partial charge in [0.25, 0.3) is 0 Å². The van der Waals surface area contributed by atoms with E-state index in [1.807, 2.05) is 0 Å².